The maximum atomic E-state index is 12.2. The summed E-state index contributed by atoms with van der Waals surface area (Å²) in [5.74, 6) is -1.11. The molecule has 2 heteroatoms. The van der Waals surface area contributed by atoms with Crippen LogP contribution in [0, 0.1) is 22.7 Å². The molecule has 286 valence electrons. The lowest BCUT2D eigenvalue weighted by atomic mass is 9.67. The molecule has 0 unspecified atom stereocenters. The van der Waals surface area contributed by atoms with Crippen LogP contribution >= 0.6 is 0 Å². The Morgan fingerprint density at radius 2 is 0.403 bits per heavy atom. The van der Waals surface area contributed by atoms with Crippen molar-refractivity contribution in [1.29, 1.82) is 10.5 Å². The molecule has 0 bridgehead atoms. The van der Waals surface area contributed by atoms with Crippen molar-refractivity contribution in [2.24, 2.45) is 0 Å². The van der Waals surface area contributed by atoms with Gasteiger partial charge in [-0.2, -0.15) is 10.5 Å². The first kappa shape index (κ1) is 34.8. The van der Waals surface area contributed by atoms with Crippen LogP contribution in [-0.2, 0) is 0 Å². The smallest absolute Gasteiger partial charge is 0.0998 e. The standard InChI is InChI=1S/C60H36N2/c61-33-51-57(53-43-25-9-1-17-35(43)36-18-2-10-26-44(36)53)52(34-62)59(55-47-29-13-5-21-39(47)40-22-6-14-30-48(40)55)60(56-49-31-15-7-23-41(49)42-24-8-16-32-50(42)56)58(51)54-45-27-11-3-19-37(45)38-20-4-12-28-46(38)54/h1-32,53-56H. The number of nitriles is 2. The van der Waals surface area contributed by atoms with Gasteiger partial charge in [-0.3, -0.25) is 0 Å². The minimum absolute atomic E-state index is 0.247. The monoisotopic (exact) mass is 784 g/mol. The van der Waals surface area contributed by atoms with E-state index >= 15 is 0 Å². The topological polar surface area (TPSA) is 47.6 Å². The van der Waals surface area contributed by atoms with Gasteiger partial charge < -0.3 is 0 Å². The molecule has 13 rings (SSSR count). The number of benzene rings is 9. The second-order valence-corrected chi connectivity index (χ2v) is 17.1. The van der Waals surface area contributed by atoms with Crippen molar-refractivity contribution in [1.82, 2.24) is 0 Å². The Morgan fingerprint density at radius 3 is 0.613 bits per heavy atom. The van der Waals surface area contributed by atoms with E-state index in [4.69, 9.17) is 0 Å². The maximum absolute atomic E-state index is 12.2. The van der Waals surface area contributed by atoms with Crippen LogP contribution in [0.15, 0.2) is 194 Å². The van der Waals surface area contributed by atoms with Gasteiger partial charge >= 0.3 is 0 Å². The summed E-state index contributed by atoms with van der Waals surface area (Å²) in [6.07, 6.45) is 0. The average molecular weight is 785 g/mol. The maximum Gasteiger partial charge on any atom is 0.0998 e. The largest absolute Gasteiger partial charge is 0.192 e. The summed E-state index contributed by atoms with van der Waals surface area (Å²) < 4.78 is 0. The highest BCUT2D eigenvalue weighted by molar-refractivity contribution is 5.90. The summed E-state index contributed by atoms with van der Waals surface area (Å²) in [4.78, 5) is 0. The van der Waals surface area contributed by atoms with Gasteiger partial charge in [0, 0.05) is 29.2 Å². The molecule has 0 saturated carbocycles. The number of hydrogen-bond donors (Lipinski definition) is 0. The first-order valence-electron chi connectivity index (χ1n) is 21.5. The Balaban J connectivity index is 1.28. The Labute approximate surface area is 361 Å². The third-order valence-electron chi connectivity index (χ3n) is 14.4. The van der Waals surface area contributed by atoms with E-state index in [2.05, 4.69) is 206 Å². The highest BCUT2D eigenvalue weighted by Crippen LogP contribution is 2.61. The molecule has 0 aromatic heterocycles. The van der Waals surface area contributed by atoms with E-state index in [1.807, 2.05) is 0 Å². The van der Waals surface area contributed by atoms with Crippen LogP contribution in [-0.4, -0.2) is 0 Å². The van der Waals surface area contributed by atoms with Crippen LogP contribution in [0.25, 0.3) is 44.5 Å². The lowest BCUT2D eigenvalue weighted by Gasteiger charge is -2.34. The summed E-state index contributed by atoms with van der Waals surface area (Å²) in [7, 11) is 0. The molecule has 4 aliphatic rings. The van der Waals surface area contributed by atoms with Gasteiger partial charge in [0.15, 0.2) is 0 Å². The van der Waals surface area contributed by atoms with Crippen molar-refractivity contribution in [2.45, 2.75) is 23.7 Å². The predicted molar refractivity (Wildman–Crippen MR) is 247 cm³/mol. The molecule has 0 radical (unpaired) electrons. The van der Waals surface area contributed by atoms with E-state index in [-0.39, 0.29) is 23.7 Å². The zero-order chi connectivity index (χ0) is 41.1. The SMILES string of the molecule is N#Cc1c(C2c3ccccc3-c3ccccc32)c(C#N)c(C2c3ccccc3-c3ccccc32)c(C2c3ccccc3-c3ccccc32)c1C1c2ccccc2-c2ccccc21. The molecule has 4 aliphatic carbocycles. The number of nitrogens with zero attached hydrogens (tertiary/aromatic N) is 2. The van der Waals surface area contributed by atoms with E-state index in [1.54, 1.807) is 0 Å². The van der Waals surface area contributed by atoms with Gasteiger partial charge in [-0.05, 0) is 106 Å². The molecule has 0 heterocycles. The Morgan fingerprint density at radius 1 is 0.226 bits per heavy atom. The van der Waals surface area contributed by atoms with Crippen molar-refractivity contribution in [3.63, 3.8) is 0 Å². The third-order valence-corrected chi connectivity index (χ3v) is 14.4. The van der Waals surface area contributed by atoms with Crippen molar-refractivity contribution >= 4 is 0 Å². The summed E-state index contributed by atoms with van der Waals surface area (Å²) in [6, 6.07) is 75.7. The molecule has 2 nitrogen and oxygen atoms in total. The van der Waals surface area contributed by atoms with E-state index in [0.717, 1.165) is 44.5 Å². The summed E-state index contributed by atoms with van der Waals surface area (Å²) in [6.45, 7) is 0. The lowest BCUT2D eigenvalue weighted by molar-refractivity contribution is 0.851. The molecule has 0 spiro atoms. The molecule has 0 atom stereocenters. The zero-order valence-electron chi connectivity index (χ0n) is 33.7. The molecule has 0 aliphatic heterocycles. The fourth-order valence-corrected chi connectivity index (χ4v) is 12.1. The molecule has 62 heavy (non-hydrogen) atoms. The Bertz CT molecular complexity index is 3170. The number of rotatable bonds is 4. The van der Waals surface area contributed by atoms with Crippen molar-refractivity contribution < 1.29 is 0 Å². The second kappa shape index (κ2) is 13.2. The molecule has 0 amide bonds. The van der Waals surface area contributed by atoms with Crippen LogP contribution < -0.4 is 0 Å². The van der Waals surface area contributed by atoms with Gasteiger partial charge in [0.05, 0.1) is 23.3 Å². The van der Waals surface area contributed by atoms with Gasteiger partial charge in [-0.15, -0.1) is 0 Å². The molecule has 9 aromatic rings. The summed E-state index contributed by atoms with van der Waals surface area (Å²) in [5, 5.41) is 24.4. The molecule has 0 fully saturated rings. The first-order valence-corrected chi connectivity index (χ1v) is 21.5. The predicted octanol–water partition coefficient (Wildman–Crippen LogP) is 14.1. The molecular weight excluding hydrogens is 749 g/mol. The fourth-order valence-electron chi connectivity index (χ4n) is 12.1. The van der Waals surface area contributed by atoms with Crippen LogP contribution in [0.4, 0.5) is 0 Å². The van der Waals surface area contributed by atoms with Gasteiger partial charge in [0.1, 0.15) is 0 Å². The third kappa shape index (κ3) is 4.56. The first-order chi connectivity index (χ1) is 30.8. The Hall–Kier alpha value is -8.04. The Kier molecular flexibility index (Phi) is 7.42. The minimum Gasteiger partial charge on any atom is -0.192 e. The van der Waals surface area contributed by atoms with E-state index in [9.17, 15) is 10.5 Å². The average Bonchev–Trinajstić information content (AvgIpc) is 4.06. The van der Waals surface area contributed by atoms with Gasteiger partial charge in [-0.25, -0.2) is 0 Å². The quantitative estimate of drug-likeness (QED) is 0.178. The number of hydrogen-bond acceptors (Lipinski definition) is 2. The lowest BCUT2D eigenvalue weighted by Crippen LogP contribution is -2.21. The highest BCUT2D eigenvalue weighted by atomic mass is 14.5. The highest BCUT2D eigenvalue weighted by Gasteiger charge is 2.46. The minimum atomic E-state index is -0.333. The van der Waals surface area contributed by atoms with E-state index in [0.29, 0.717) is 11.1 Å². The van der Waals surface area contributed by atoms with Crippen molar-refractivity contribution in [3.8, 4) is 56.6 Å². The van der Waals surface area contributed by atoms with Crippen LogP contribution in [0.2, 0.25) is 0 Å². The van der Waals surface area contributed by atoms with Crippen LogP contribution in [0.3, 0.4) is 0 Å². The number of fused-ring (bicyclic) bond motifs is 12. The molecule has 0 saturated heterocycles. The van der Waals surface area contributed by atoms with Crippen LogP contribution in [0.1, 0.15) is 102 Å². The summed E-state index contributed by atoms with van der Waals surface area (Å²) in [5.41, 5.74) is 24.0. The van der Waals surface area contributed by atoms with Gasteiger partial charge in [-0.1, -0.05) is 194 Å². The fraction of sp³-hybridized carbons (Fsp3) is 0.0667. The zero-order valence-corrected chi connectivity index (χ0v) is 33.7. The van der Waals surface area contributed by atoms with Crippen molar-refractivity contribution in [2.75, 3.05) is 0 Å². The van der Waals surface area contributed by atoms with Gasteiger partial charge in [0.25, 0.3) is 0 Å². The second-order valence-electron chi connectivity index (χ2n) is 17.1. The summed E-state index contributed by atoms with van der Waals surface area (Å²) >= 11 is 0. The van der Waals surface area contributed by atoms with E-state index < -0.39 is 0 Å². The van der Waals surface area contributed by atoms with Crippen LogP contribution in [0.5, 0.6) is 0 Å². The molecule has 0 N–H and O–H groups in total. The molecule has 9 aromatic carbocycles. The van der Waals surface area contributed by atoms with Gasteiger partial charge in [0.2, 0.25) is 0 Å². The van der Waals surface area contributed by atoms with E-state index in [1.165, 1.54) is 66.8 Å². The van der Waals surface area contributed by atoms with Crippen molar-refractivity contribution in [3.05, 3.63) is 272 Å². The normalized spacial score (nSPS) is 14.2. The molecular formula is C60H36N2.